The second-order valence-corrected chi connectivity index (χ2v) is 6.02. The van der Waals surface area contributed by atoms with Gasteiger partial charge in [0.2, 0.25) is 11.8 Å². The summed E-state index contributed by atoms with van der Waals surface area (Å²) in [6.07, 6.45) is 3.17. The van der Waals surface area contributed by atoms with Crippen LogP contribution in [0.25, 0.3) is 11.1 Å². The van der Waals surface area contributed by atoms with Gasteiger partial charge in [-0.3, -0.25) is 9.78 Å². The minimum absolute atomic E-state index is 0.169. The maximum atomic E-state index is 11.3. The number of methoxy groups -OCH3 is 1. The molecule has 0 saturated carbocycles. The van der Waals surface area contributed by atoms with Crippen molar-refractivity contribution in [3.63, 3.8) is 0 Å². The number of carboxylic acid groups (broad SMARTS) is 1. The number of pyridine rings is 1. The highest BCUT2D eigenvalue weighted by Crippen LogP contribution is 2.34. The van der Waals surface area contributed by atoms with Gasteiger partial charge >= 0.3 is 5.97 Å². The van der Waals surface area contributed by atoms with Crippen molar-refractivity contribution in [3.05, 3.63) is 59.6 Å². The van der Waals surface area contributed by atoms with Crippen molar-refractivity contribution in [1.82, 2.24) is 15.2 Å². The zero-order chi connectivity index (χ0) is 18.7. The summed E-state index contributed by atoms with van der Waals surface area (Å²) < 4.78 is 10.9. The van der Waals surface area contributed by atoms with Crippen LogP contribution in [0.3, 0.4) is 0 Å². The lowest BCUT2D eigenvalue weighted by molar-refractivity contribution is -0.137. The third kappa shape index (κ3) is 3.72. The molecule has 1 unspecified atom stereocenters. The number of carboxylic acids is 1. The Bertz CT molecular complexity index is 936. The minimum Gasteiger partial charge on any atom is -0.496 e. The number of aryl methyl sites for hydroxylation is 2. The Morgan fingerprint density at radius 2 is 2.04 bits per heavy atom. The Labute approximate surface area is 150 Å². The topological polar surface area (TPSA) is 98.3 Å². The minimum atomic E-state index is -0.954. The lowest BCUT2D eigenvalue weighted by Crippen LogP contribution is -2.09. The van der Waals surface area contributed by atoms with Crippen molar-refractivity contribution in [2.45, 2.75) is 26.2 Å². The number of hydrogen-bond acceptors (Lipinski definition) is 6. The van der Waals surface area contributed by atoms with E-state index in [9.17, 15) is 9.90 Å². The zero-order valence-corrected chi connectivity index (χ0v) is 14.8. The fourth-order valence-electron chi connectivity index (χ4n) is 2.82. The first-order chi connectivity index (χ1) is 12.5. The molecule has 2 aromatic heterocycles. The molecule has 1 aromatic carbocycles. The number of rotatable bonds is 6. The standard InChI is InChI=1S/C19H19N3O4/c1-11-4-5-17(25-3)15(6-11)13-7-14(10-20-9-13)16(8-18(23)24)19-22-21-12(2)26-19/h4-7,9-10,16H,8H2,1-3H3,(H,23,24). The van der Waals surface area contributed by atoms with Crippen LogP contribution in [-0.4, -0.2) is 33.4 Å². The van der Waals surface area contributed by atoms with Crippen LogP contribution in [0.4, 0.5) is 0 Å². The van der Waals surface area contributed by atoms with Gasteiger partial charge in [-0.15, -0.1) is 10.2 Å². The molecule has 0 aliphatic rings. The van der Waals surface area contributed by atoms with Crippen LogP contribution < -0.4 is 4.74 Å². The maximum Gasteiger partial charge on any atom is 0.304 e. The summed E-state index contributed by atoms with van der Waals surface area (Å²) in [5, 5.41) is 17.1. The van der Waals surface area contributed by atoms with Crippen LogP contribution in [0.2, 0.25) is 0 Å². The molecule has 0 spiro atoms. The van der Waals surface area contributed by atoms with Crippen LogP contribution in [0, 0.1) is 13.8 Å². The van der Waals surface area contributed by atoms with E-state index in [1.165, 1.54) is 0 Å². The highest BCUT2D eigenvalue weighted by atomic mass is 16.5. The van der Waals surface area contributed by atoms with Gasteiger partial charge in [0, 0.05) is 30.4 Å². The SMILES string of the molecule is COc1ccc(C)cc1-c1cncc(C(CC(=O)O)c2nnc(C)o2)c1. The van der Waals surface area contributed by atoms with Crippen LogP contribution in [0.1, 0.15) is 35.2 Å². The summed E-state index contributed by atoms with van der Waals surface area (Å²) in [6, 6.07) is 7.75. The molecule has 0 amide bonds. The molecule has 3 aromatic rings. The molecule has 1 N–H and O–H groups in total. The fourth-order valence-corrected chi connectivity index (χ4v) is 2.82. The van der Waals surface area contributed by atoms with Crippen molar-refractivity contribution >= 4 is 5.97 Å². The number of nitrogens with zero attached hydrogens (tertiary/aromatic N) is 3. The average molecular weight is 353 g/mol. The maximum absolute atomic E-state index is 11.3. The Morgan fingerprint density at radius 3 is 2.69 bits per heavy atom. The molecule has 0 bridgehead atoms. The summed E-state index contributed by atoms with van der Waals surface area (Å²) in [5.41, 5.74) is 3.49. The van der Waals surface area contributed by atoms with Gasteiger partial charge < -0.3 is 14.3 Å². The summed E-state index contributed by atoms with van der Waals surface area (Å²) in [6.45, 7) is 3.66. The van der Waals surface area contributed by atoms with Gasteiger partial charge in [-0.2, -0.15) is 0 Å². The van der Waals surface area contributed by atoms with E-state index in [2.05, 4.69) is 15.2 Å². The van der Waals surface area contributed by atoms with Gasteiger partial charge in [-0.1, -0.05) is 11.6 Å². The molecular weight excluding hydrogens is 334 g/mol. The molecule has 1 atom stereocenters. The third-order valence-electron chi connectivity index (χ3n) is 4.05. The first-order valence-corrected chi connectivity index (χ1v) is 8.09. The summed E-state index contributed by atoms with van der Waals surface area (Å²) in [4.78, 5) is 15.6. The first-order valence-electron chi connectivity index (χ1n) is 8.09. The number of aliphatic carboxylic acids is 1. The van der Waals surface area contributed by atoms with Gasteiger partial charge in [0.1, 0.15) is 5.75 Å². The Morgan fingerprint density at radius 1 is 1.23 bits per heavy atom. The van der Waals surface area contributed by atoms with Gasteiger partial charge in [-0.25, -0.2) is 0 Å². The average Bonchev–Trinajstić information content (AvgIpc) is 3.05. The summed E-state index contributed by atoms with van der Waals surface area (Å²) in [7, 11) is 1.61. The number of aromatic nitrogens is 3. The second-order valence-electron chi connectivity index (χ2n) is 6.02. The van der Waals surface area contributed by atoms with E-state index in [0.717, 1.165) is 22.4 Å². The van der Waals surface area contributed by atoms with E-state index in [0.29, 0.717) is 11.5 Å². The van der Waals surface area contributed by atoms with Gasteiger partial charge in [0.25, 0.3) is 0 Å². The van der Waals surface area contributed by atoms with Crippen molar-refractivity contribution in [1.29, 1.82) is 0 Å². The van der Waals surface area contributed by atoms with Gasteiger partial charge in [-0.05, 0) is 30.7 Å². The monoisotopic (exact) mass is 353 g/mol. The molecule has 7 heteroatoms. The number of carbonyl (C=O) groups is 1. The zero-order valence-electron chi connectivity index (χ0n) is 14.8. The normalized spacial score (nSPS) is 12.0. The predicted octanol–water partition coefficient (Wildman–Crippen LogP) is 3.36. The third-order valence-corrected chi connectivity index (χ3v) is 4.05. The summed E-state index contributed by atoms with van der Waals surface area (Å²) >= 11 is 0. The van der Waals surface area contributed by atoms with E-state index in [-0.39, 0.29) is 12.3 Å². The van der Waals surface area contributed by atoms with Crippen LogP contribution in [0.5, 0.6) is 5.75 Å². The number of ether oxygens (including phenoxy) is 1. The smallest absolute Gasteiger partial charge is 0.304 e. The first kappa shape index (κ1) is 17.6. The second kappa shape index (κ2) is 7.35. The van der Waals surface area contributed by atoms with Crippen molar-refractivity contribution < 1.29 is 19.1 Å². The molecule has 0 aliphatic heterocycles. The van der Waals surface area contributed by atoms with Gasteiger partial charge in [0.05, 0.1) is 19.4 Å². The lowest BCUT2D eigenvalue weighted by atomic mass is 9.94. The van der Waals surface area contributed by atoms with E-state index in [1.54, 1.807) is 26.4 Å². The van der Waals surface area contributed by atoms with Crippen LogP contribution in [-0.2, 0) is 4.79 Å². The fraction of sp³-hybridized carbons (Fsp3) is 0.263. The molecule has 0 saturated heterocycles. The Hall–Kier alpha value is -3.22. The highest BCUT2D eigenvalue weighted by molar-refractivity contribution is 5.72. The number of hydrogen-bond donors (Lipinski definition) is 1. The predicted molar refractivity (Wildman–Crippen MR) is 94.1 cm³/mol. The molecule has 2 heterocycles. The molecule has 3 rings (SSSR count). The molecule has 0 aliphatic carbocycles. The quantitative estimate of drug-likeness (QED) is 0.725. The van der Waals surface area contributed by atoms with E-state index in [4.69, 9.17) is 9.15 Å². The summed E-state index contributed by atoms with van der Waals surface area (Å²) in [5.74, 6) is -0.153. The van der Waals surface area contributed by atoms with Crippen molar-refractivity contribution in [2.75, 3.05) is 7.11 Å². The lowest BCUT2D eigenvalue weighted by Gasteiger charge is -2.14. The van der Waals surface area contributed by atoms with E-state index < -0.39 is 11.9 Å². The largest absolute Gasteiger partial charge is 0.496 e. The molecular formula is C19H19N3O4. The molecule has 0 fully saturated rings. The number of benzene rings is 1. The van der Waals surface area contributed by atoms with Crippen molar-refractivity contribution in [2.24, 2.45) is 0 Å². The van der Waals surface area contributed by atoms with Crippen LogP contribution in [0.15, 0.2) is 41.1 Å². The Balaban J connectivity index is 2.07. The van der Waals surface area contributed by atoms with Crippen LogP contribution >= 0.6 is 0 Å². The molecule has 7 nitrogen and oxygen atoms in total. The van der Waals surface area contributed by atoms with E-state index >= 15 is 0 Å². The van der Waals surface area contributed by atoms with E-state index in [1.807, 2.05) is 31.2 Å². The molecule has 0 radical (unpaired) electrons. The molecule has 134 valence electrons. The van der Waals surface area contributed by atoms with Crippen molar-refractivity contribution in [3.8, 4) is 16.9 Å². The molecule has 26 heavy (non-hydrogen) atoms. The van der Waals surface area contributed by atoms with Gasteiger partial charge in [0.15, 0.2) is 0 Å². The Kier molecular flexibility index (Phi) is 4.97. The highest BCUT2D eigenvalue weighted by Gasteiger charge is 2.24.